The van der Waals surface area contributed by atoms with E-state index in [9.17, 15) is 9.59 Å². The maximum atomic E-state index is 11.1. The van der Waals surface area contributed by atoms with Crippen LogP contribution in [0.5, 0.6) is 0 Å². The van der Waals surface area contributed by atoms with Crippen molar-refractivity contribution in [3.63, 3.8) is 0 Å². The monoisotopic (exact) mass is 166 g/mol. The Bertz CT molecular complexity index is 196. The average Bonchev–Trinajstić information content (AvgIpc) is 2.05. The molecule has 2 rings (SSSR count). The predicted octanol–water partition coefficient (Wildman–Crippen LogP) is 1.72. The van der Waals surface area contributed by atoms with Crippen molar-refractivity contribution in [3.8, 4) is 0 Å². The molecule has 2 heteroatoms. The Morgan fingerprint density at radius 2 is 1.25 bits per heavy atom. The second-order valence-electron chi connectivity index (χ2n) is 4.08. The van der Waals surface area contributed by atoms with Crippen LogP contribution in [-0.2, 0) is 9.59 Å². The van der Waals surface area contributed by atoms with Crippen molar-refractivity contribution in [1.82, 2.24) is 0 Å². The summed E-state index contributed by atoms with van der Waals surface area (Å²) in [5.74, 6) is 1.91. The van der Waals surface area contributed by atoms with Gasteiger partial charge in [-0.2, -0.15) is 0 Å². The third-order valence-electron chi connectivity index (χ3n) is 3.23. The molecule has 2 nitrogen and oxygen atoms in total. The van der Waals surface area contributed by atoms with E-state index in [-0.39, 0.29) is 0 Å². The van der Waals surface area contributed by atoms with Crippen molar-refractivity contribution in [1.29, 1.82) is 0 Å². The third-order valence-corrected chi connectivity index (χ3v) is 3.23. The first-order chi connectivity index (χ1) is 5.75. The Labute approximate surface area is 72.3 Å². The molecule has 0 aromatic rings. The Morgan fingerprint density at radius 3 is 1.67 bits per heavy atom. The van der Waals surface area contributed by atoms with E-state index in [4.69, 9.17) is 0 Å². The zero-order valence-corrected chi connectivity index (χ0v) is 7.21. The van der Waals surface area contributed by atoms with Gasteiger partial charge in [0.05, 0.1) is 0 Å². The molecule has 12 heavy (non-hydrogen) atoms. The summed E-state index contributed by atoms with van der Waals surface area (Å²) < 4.78 is 0. The zero-order valence-electron chi connectivity index (χ0n) is 7.21. The molecular weight excluding hydrogens is 152 g/mol. The molecule has 0 saturated heterocycles. The second kappa shape index (κ2) is 3.00. The largest absolute Gasteiger partial charge is 0.300 e. The maximum Gasteiger partial charge on any atom is 0.133 e. The highest BCUT2D eigenvalue weighted by atomic mass is 16.1. The highest BCUT2D eigenvalue weighted by Crippen LogP contribution is 2.37. The van der Waals surface area contributed by atoms with Crippen LogP contribution >= 0.6 is 0 Å². The number of ketones is 2. The van der Waals surface area contributed by atoms with Gasteiger partial charge >= 0.3 is 0 Å². The van der Waals surface area contributed by atoms with Crippen molar-refractivity contribution < 1.29 is 9.59 Å². The van der Waals surface area contributed by atoms with Gasteiger partial charge in [-0.15, -0.1) is 0 Å². The molecule has 0 radical (unpaired) electrons. The molecule has 0 amide bonds. The summed E-state index contributed by atoms with van der Waals surface area (Å²) >= 11 is 0. The summed E-state index contributed by atoms with van der Waals surface area (Å²) in [5, 5.41) is 0. The van der Waals surface area contributed by atoms with E-state index in [1.165, 1.54) is 0 Å². The van der Waals surface area contributed by atoms with Crippen LogP contribution in [0.2, 0.25) is 0 Å². The van der Waals surface area contributed by atoms with Gasteiger partial charge in [-0.05, 0) is 24.7 Å². The molecule has 0 spiro atoms. The Kier molecular flexibility index (Phi) is 1.99. The normalized spacial score (nSPS) is 36.3. The molecule has 0 aromatic heterocycles. The molecule has 0 aliphatic heterocycles. The van der Waals surface area contributed by atoms with Gasteiger partial charge in [0.2, 0.25) is 0 Å². The van der Waals surface area contributed by atoms with Gasteiger partial charge in [0.1, 0.15) is 11.6 Å². The number of hydrogen-bond acceptors (Lipinski definition) is 2. The topological polar surface area (TPSA) is 34.1 Å². The summed E-state index contributed by atoms with van der Waals surface area (Å²) in [7, 11) is 0. The van der Waals surface area contributed by atoms with Crippen LogP contribution in [0, 0.1) is 11.8 Å². The molecule has 0 unspecified atom stereocenters. The van der Waals surface area contributed by atoms with Crippen LogP contribution < -0.4 is 0 Å². The lowest BCUT2D eigenvalue weighted by Crippen LogP contribution is -2.31. The van der Waals surface area contributed by atoms with E-state index >= 15 is 0 Å². The van der Waals surface area contributed by atoms with E-state index < -0.39 is 0 Å². The molecule has 0 heterocycles. The zero-order chi connectivity index (χ0) is 8.55. The standard InChI is InChI=1S/C10H14O2/c11-9-3-1-7-5-10(12)4-2-8(7)6-9/h7-8H,1-6H2/t7-,8+. The first-order valence-corrected chi connectivity index (χ1v) is 4.79. The van der Waals surface area contributed by atoms with Crippen molar-refractivity contribution in [2.45, 2.75) is 38.5 Å². The fourth-order valence-corrected chi connectivity index (χ4v) is 2.49. The number of carbonyl (C=O) groups is 2. The van der Waals surface area contributed by atoms with Crippen molar-refractivity contribution in [3.05, 3.63) is 0 Å². The Balaban J connectivity index is 2.02. The first kappa shape index (κ1) is 7.96. The van der Waals surface area contributed by atoms with E-state index in [2.05, 4.69) is 0 Å². The number of Topliss-reactive ketones (excluding diaryl/α,β-unsaturated/α-hetero) is 2. The van der Waals surface area contributed by atoms with Gasteiger partial charge in [0.25, 0.3) is 0 Å². The summed E-state index contributed by atoms with van der Waals surface area (Å²) in [6.07, 6.45) is 4.86. The molecular formula is C10H14O2. The predicted molar refractivity (Wildman–Crippen MR) is 44.7 cm³/mol. The molecule has 2 atom stereocenters. The second-order valence-corrected chi connectivity index (χ2v) is 4.08. The van der Waals surface area contributed by atoms with Gasteiger partial charge in [-0.3, -0.25) is 9.59 Å². The molecule has 2 fully saturated rings. The molecule has 2 saturated carbocycles. The lowest BCUT2D eigenvalue weighted by atomic mass is 9.70. The highest BCUT2D eigenvalue weighted by molar-refractivity contribution is 5.82. The summed E-state index contributed by atoms with van der Waals surface area (Å²) in [5.41, 5.74) is 0. The lowest BCUT2D eigenvalue weighted by Gasteiger charge is -2.33. The fraction of sp³-hybridized carbons (Fsp3) is 0.800. The third kappa shape index (κ3) is 1.43. The first-order valence-electron chi connectivity index (χ1n) is 4.79. The smallest absolute Gasteiger partial charge is 0.133 e. The van der Waals surface area contributed by atoms with Crippen LogP contribution in [-0.4, -0.2) is 11.6 Å². The quantitative estimate of drug-likeness (QED) is 0.549. The highest BCUT2D eigenvalue weighted by Gasteiger charge is 2.33. The number of fused-ring (bicyclic) bond motifs is 1. The van der Waals surface area contributed by atoms with Crippen molar-refractivity contribution in [2.24, 2.45) is 11.8 Å². The average molecular weight is 166 g/mol. The maximum absolute atomic E-state index is 11.1. The van der Waals surface area contributed by atoms with E-state index in [1.807, 2.05) is 0 Å². The summed E-state index contributed by atoms with van der Waals surface area (Å²) in [6.45, 7) is 0. The van der Waals surface area contributed by atoms with E-state index in [0.717, 1.165) is 25.7 Å². The molecule has 0 aromatic carbocycles. The number of hydrogen-bond donors (Lipinski definition) is 0. The van der Waals surface area contributed by atoms with Crippen LogP contribution in [0.25, 0.3) is 0 Å². The Hall–Kier alpha value is -0.660. The van der Waals surface area contributed by atoms with E-state index in [1.54, 1.807) is 0 Å². The van der Waals surface area contributed by atoms with Crippen LogP contribution in [0.3, 0.4) is 0 Å². The van der Waals surface area contributed by atoms with E-state index in [0.29, 0.717) is 36.2 Å². The Morgan fingerprint density at radius 1 is 0.833 bits per heavy atom. The molecule has 66 valence electrons. The van der Waals surface area contributed by atoms with Crippen LogP contribution in [0.1, 0.15) is 38.5 Å². The lowest BCUT2D eigenvalue weighted by molar-refractivity contribution is -0.129. The number of rotatable bonds is 0. The molecule has 0 bridgehead atoms. The van der Waals surface area contributed by atoms with Gasteiger partial charge in [-0.1, -0.05) is 0 Å². The minimum absolute atomic E-state index is 0.408. The van der Waals surface area contributed by atoms with Crippen molar-refractivity contribution >= 4 is 11.6 Å². The minimum atomic E-state index is 0.408. The van der Waals surface area contributed by atoms with Crippen LogP contribution in [0.15, 0.2) is 0 Å². The SMILES string of the molecule is O=C1CC[C@H]2CC(=O)CC[C@@H]2C1. The van der Waals surface area contributed by atoms with Gasteiger partial charge in [-0.25, -0.2) is 0 Å². The van der Waals surface area contributed by atoms with Crippen molar-refractivity contribution in [2.75, 3.05) is 0 Å². The molecule has 2 aliphatic carbocycles. The fourth-order valence-electron chi connectivity index (χ4n) is 2.49. The van der Waals surface area contributed by atoms with Gasteiger partial charge in [0.15, 0.2) is 0 Å². The minimum Gasteiger partial charge on any atom is -0.300 e. The summed E-state index contributed by atoms with van der Waals surface area (Å²) in [4.78, 5) is 22.2. The van der Waals surface area contributed by atoms with Crippen LogP contribution in [0.4, 0.5) is 0 Å². The van der Waals surface area contributed by atoms with Gasteiger partial charge < -0.3 is 0 Å². The molecule has 2 aliphatic rings. The number of carbonyl (C=O) groups excluding carboxylic acids is 2. The molecule has 0 N–H and O–H groups in total. The summed E-state index contributed by atoms with van der Waals surface area (Å²) in [6, 6.07) is 0. The van der Waals surface area contributed by atoms with Gasteiger partial charge in [0, 0.05) is 25.7 Å².